The second-order valence-corrected chi connectivity index (χ2v) is 4.83. The van der Waals surface area contributed by atoms with E-state index in [1.165, 1.54) is 4.90 Å². The van der Waals surface area contributed by atoms with Crippen LogP contribution in [0, 0.1) is 5.82 Å². The molecule has 0 aliphatic carbocycles. The van der Waals surface area contributed by atoms with Crippen molar-refractivity contribution < 1.29 is 19.1 Å². The number of thioether (sulfide) groups is 1. The van der Waals surface area contributed by atoms with E-state index >= 15 is 0 Å². The van der Waals surface area contributed by atoms with Gasteiger partial charge in [-0.05, 0) is 24.5 Å². The average molecular weight is 286 g/mol. The number of amides is 2. The highest BCUT2D eigenvalue weighted by molar-refractivity contribution is 7.98. The van der Waals surface area contributed by atoms with E-state index in [0.717, 1.165) is 24.0 Å². The Balaban J connectivity index is 2.78. The summed E-state index contributed by atoms with van der Waals surface area (Å²) in [5, 5.41) is 11.2. The van der Waals surface area contributed by atoms with Gasteiger partial charge in [0.1, 0.15) is 5.82 Å². The summed E-state index contributed by atoms with van der Waals surface area (Å²) in [4.78, 5) is 23.9. The Bertz CT molecular complexity index is 482. The van der Waals surface area contributed by atoms with Gasteiger partial charge in [0, 0.05) is 19.3 Å². The zero-order chi connectivity index (χ0) is 14.4. The molecule has 0 aliphatic rings. The average Bonchev–Trinajstić information content (AvgIpc) is 2.38. The van der Waals surface area contributed by atoms with Crippen molar-refractivity contribution in [1.29, 1.82) is 0 Å². The number of carbonyl (C=O) groups is 2. The number of carbonyl (C=O) groups excluding carboxylic acids is 1. The Kier molecular flexibility index (Phi) is 5.62. The topological polar surface area (TPSA) is 69.6 Å². The van der Waals surface area contributed by atoms with Crippen LogP contribution in [0.4, 0.5) is 14.9 Å². The highest BCUT2D eigenvalue weighted by atomic mass is 32.2. The lowest BCUT2D eigenvalue weighted by Crippen LogP contribution is -2.33. The third-order valence-electron chi connectivity index (χ3n) is 2.43. The number of carboxylic acids is 1. The Morgan fingerprint density at radius 1 is 1.47 bits per heavy atom. The van der Waals surface area contributed by atoms with Gasteiger partial charge in [-0.2, -0.15) is 11.8 Å². The summed E-state index contributed by atoms with van der Waals surface area (Å²) in [5.41, 5.74) is -0.218. The van der Waals surface area contributed by atoms with E-state index in [2.05, 4.69) is 5.32 Å². The van der Waals surface area contributed by atoms with Crippen LogP contribution < -0.4 is 5.32 Å². The minimum atomic E-state index is -1.17. The van der Waals surface area contributed by atoms with Crippen molar-refractivity contribution in [2.75, 3.05) is 30.9 Å². The molecular weight excluding hydrogens is 271 g/mol. The summed E-state index contributed by atoms with van der Waals surface area (Å²) in [5.74, 6) is -1.08. The van der Waals surface area contributed by atoms with E-state index in [-0.39, 0.29) is 11.3 Å². The summed E-state index contributed by atoms with van der Waals surface area (Å²) >= 11 is 1.59. The Labute approximate surface area is 114 Å². The minimum Gasteiger partial charge on any atom is -0.478 e. The van der Waals surface area contributed by atoms with Gasteiger partial charge in [-0.3, -0.25) is 0 Å². The third kappa shape index (κ3) is 4.44. The maximum absolute atomic E-state index is 13.5. The largest absolute Gasteiger partial charge is 0.478 e. The van der Waals surface area contributed by atoms with Crippen LogP contribution in [0.2, 0.25) is 0 Å². The summed E-state index contributed by atoms with van der Waals surface area (Å²) < 4.78 is 13.5. The van der Waals surface area contributed by atoms with Crippen LogP contribution in [0.5, 0.6) is 0 Å². The molecule has 1 rings (SSSR count). The number of urea groups is 1. The molecule has 104 valence electrons. The number of hydrogen-bond acceptors (Lipinski definition) is 3. The van der Waals surface area contributed by atoms with Gasteiger partial charge in [0.2, 0.25) is 0 Å². The van der Waals surface area contributed by atoms with Gasteiger partial charge in [-0.15, -0.1) is 0 Å². The van der Waals surface area contributed by atoms with Crippen molar-refractivity contribution >= 4 is 29.4 Å². The van der Waals surface area contributed by atoms with Crippen LogP contribution in [0.3, 0.4) is 0 Å². The standard InChI is InChI=1S/C12H15FN2O3S/c1-15(5-6-19-2)12(18)14-10-7-8(11(16)17)3-4-9(10)13/h3-4,7H,5-6H2,1-2H3,(H,14,18)(H,16,17). The molecule has 1 aromatic rings. The number of halogens is 1. The molecular formula is C12H15FN2O3S. The molecule has 2 amide bonds. The molecule has 0 spiro atoms. The molecule has 0 fully saturated rings. The number of carboxylic acid groups (broad SMARTS) is 1. The van der Waals surface area contributed by atoms with Crippen molar-refractivity contribution in [2.45, 2.75) is 0 Å². The number of benzene rings is 1. The van der Waals surface area contributed by atoms with Crippen LogP contribution in [0.1, 0.15) is 10.4 Å². The first-order valence-corrected chi connectivity index (χ1v) is 6.89. The number of nitrogens with one attached hydrogen (secondary N) is 1. The van der Waals surface area contributed by atoms with Crippen molar-refractivity contribution in [2.24, 2.45) is 0 Å². The van der Waals surface area contributed by atoms with E-state index in [1.54, 1.807) is 18.8 Å². The molecule has 0 saturated carbocycles. The zero-order valence-electron chi connectivity index (χ0n) is 10.6. The first-order chi connectivity index (χ1) is 8.95. The molecule has 5 nitrogen and oxygen atoms in total. The fourth-order valence-corrected chi connectivity index (χ4v) is 1.75. The smallest absolute Gasteiger partial charge is 0.335 e. The van der Waals surface area contributed by atoms with Crippen molar-refractivity contribution in [3.8, 4) is 0 Å². The lowest BCUT2D eigenvalue weighted by Gasteiger charge is -2.17. The quantitative estimate of drug-likeness (QED) is 0.871. The molecule has 0 heterocycles. The van der Waals surface area contributed by atoms with Crippen molar-refractivity contribution in [3.63, 3.8) is 0 Å². The van der Waals surface area contributed by atoms with Crippen LogP contribution in [0.25, 0.3) is 0 Å². The van der Waals surface area contributed by atoms with Crippen molar-refractivity contribution in [1.82, 2.24) is 4.90 Å². The summed E-state index contributed by atoms with van der Waals surface area (Å²) in [6.07, 6.45) is 1.92. The Hall–Kier alpha value is -1.76. The minimum absolute atomic E-state index is 0.0801. The Morgan fingerprint density at radius 3 is 2.74 bits per heavy atom. The van der Waals surface area contributed by atoms with Gasteiger partial charge >= 0.3 is 12.0 Å². The van der Waals surface area contributed by atoms with Gasteiger partial charge in [-0.1, -0.05) is 0 Å². The summed E-state index contributed by atoms with van der Waals surface area (Å²) in [7, 11) is 1.59. The van der Waals surface area contributed by atoms with Gasteiger partial charge in [-0.25, -0.2) is 14.0 Å². The molecule has 0 saturated heterocycles. The second-order valence-electron chi connectivity index (χ2n) is 3.84. The fourth-order valence-electron chi connectivity index (χ4n) is 1.29. The lowest BCUT2D eigenvalue weighted by atomic mass is 10.2. The molecule has 0 atom stereocenters. The number of rotatable bonds is 5. The van der Waals surface area contributed by atoms with E-state index < -0.39 is 17.8 Å². The normalized spacial score (nSPS) is 10.1. The first-order valence-electron chi connectivity index (χ1n) is 5.49. The molecule has 19 heavy (non-hydrogen) atoms. The number of aromatic carboxylic acids is 1. The van der Waals surface area contributed by atoms with Crippen LogP contribution >= 0.6 is 11.8 Å². The maximum Gasteiger partial charge on any atom is 0.335 e. The van der Waals surface area contributed by atoms with E-state index in [4.69, 9.17) is 5.11 Å². The predicted octanol–water partition coefficient (Wildman–Crippen LogP) is 2.35. The van der Waals surface area contributed by atoms with E-state index in [0.29, 0.717) is 6.54 Å². The number of anilines is 1. The monoisotopic (exact) mass is 286 g/mol. The molecule has 0 aromatic heterocycles. The lowest BCUT2D eigenvalue weighted by molar-refractivity contribution is 0.0697. The van der Waals surface area contributed by atoms with Gasteiger partial charge in [0.25, 0.3) is 0 Å². The SMILES string of the molecule is CSCCN(C)C(=O)Nc1cc(C(=O)O)ccc1F. The van der Waals surface area contributed by atoms with Gasteiger partial charge in [0.15, 0.2) is 0 Å². The van der Waals surface area contributed by atoms with Crippen LogP contribution in [0.15, 0.2) is 18.2 Å². The van der Waals surface area contributed by atoms with Gasteiger partial charge < -0.3 is 15.3 Å². The van der Waals surface area contributed by atoms with Crippen LogP contribution in [-0.2, 0) is 0 Å². The second kappa shape index (κ2) is 6.98. The fraction of sp³-hybridized carbons (Fsp3) is 0.333. The molecule has 1 aromatic carbocycles. The molecule has 0 unspecified atom stereocenters. The van der Waals surface area contributed by atoms with E-state index in [1.807, 2.05) is 6.26 Å². The summed E-state index contributed by atoms with van der Waals surface area (Å²) in [6, 6.07) is 2.78. The molecule has 0 bridgehead atoms. The molecule has 7 heteroatoms. The molecule has 0 aliphatic heterocycles. The highest BCUT2D eigenvalue weighted by Gasteiger charge is 2.13. The number of hydrogen-bond donors (Lipinski definition) is 2. The summed E-state index contributed by atoms with van der Waals surface area (Å²) in [6.45, 7) is 0.521. The van der Waals surface area contributed by atoms with Gasteiger partial charge in [0.05, 0.1) is 11.3 Å². The first kappa shape index (κ1) is 15.3. The number of nitrogens with zero attached hydrogens (tertiary/aromatic N) is 1. The Morgan fingerprint density at radius 2 is 2.16 bits per heavy atom. The highest BCUT2D eigenvalue weighted by Crippen LogP contribution is 2.16. The van der Waals surface area contributed by atoms with E-state index in [9.17, 15) is 14.0 Å². The molecule has 2 N–H and O–H groups in total. The predicted molar refractivity (Wildman–Crippen MR) is 73.4 cm³/mol. The van der Waals surface area contributed by atoms with Crippen molar-refractivity contribution in [3.05, 3.63) is 29.6 Å². The van der Waals surface area contributed by atoms with Crippen LogP contribution in [-0.4, -0.2) is 47.6 Å². The molecule has 0 radical (unpaired) electrons. The maximum atomic E-state index is 13.5. The zero-order valence-corrected chi connectivity index (χ0v) is 11.5. The third-order valence-corrected chi connectivity index (χ3v) is 3.02.